The van der Waals surface area contributed by atoms with E-state index in [9.17, 15) is 0 Å². The summed E-state index contributed by atoms with van der Waals surface area (Å²) in [5.41, 5.74) is 7.52. The summed E-state index contributed by atoms with van der Waals surface area (Å²) in [6.45, 7) is 6.45. The number of rotatable bonds is 5. The Morgan fingerprint density at radius 1 is 1.33 bits per heavy atom. The van der Waals surface area contributed by atoms with Gasteiger partial charge in [0.25, 0.3) is 0 Å². The lowest BCUT2D eigenvalue weighted by molar-refractivity contribution is 0.466. The van der Waals surface area contributed by atoms with Crippen molar-refractivity contribution in [2.75, 3.05) is 0 Å². The van der Waals surface area contributed by atoms with Gasteiger partial charge in [-0.1, -0.05) is 32.4 Å². The Kier molecular flexibility index (Phi) is 5.15. The van der Waals surface area contributed by atoms with Crippen LogP contribution in [-0.2, 0) is 13.0 Å². The van der Waals surface area contributed by atoms with Crippen LogP contribution in [0.2, 0.25) is 5.02 Å². The summed E-state index contributed by atoms with van der Waals surface area (Å²) < 4.78 is 5.87. The van der Waals surface area contributed by atoms with E-state index in [1.54, 1.807) is 6.20 Å². The third-order valence-electron chi connectivity index (χ3n) is 3.18. The standard InChI is InChI=1S/C16H20ClN3O/c1-4-11-7-12(5-6-13(11)17)21-15-9-19-16(10(2)3)20-14(15)8-18/h5-7,9-10H,4,8,18H2,1-3H3. The van der Waals surface area contributed by atoms with Crippen LogP contribution in [0.25, 0.3) is 0 Å². The van der Waals surface area contributed by atoms with Gasteiger partial charge >= 0.3 is 0 Å². The zero-order chi connectivity index (χ0) is 15.4. The van der Waals surface area contributed by atoms with Gasteiger partial charge in [-0.15, -0.1) is 0 Å². The molecular formula is C16H20ClN3O. The number of nitrogens with two attached hydrogens (primary N) is 1. The van der Waals surface area contributed by atoms with Crippen LogP contribution in [0.3, 0.4) is 0 Å². The summed E-state index contributed by atoms with van der Waals surface area (Å²) in [4.78, 5) is 8.79. The fourth-order valence-corrected chi connectivity index (χ4v) is 2.19. The maximum Gasteiger partial charge on any atom is 0.168 e. The number of aryl methyl sites for hydroxylation is 1. The minimum atomic E-state index is 0.256. The van der Waals surface area contributed by atoms with E-state index in [1.165, 1.54) is 0 Å². The first-order valence-electron chi connectivity index (χ1n) is 7.07. The van der Waals surface area contributed by atoms with Gasteiger partial charge in [0.1, 0.15) is 17.3 Å². The Balaban J connectivity index is 2.30. The van der Waals surface area contributed by atoms with E-state index in [4.69, 9.17) is 22.1 Å². The van der Waals surface area contributed by atoms with Gasteiger partial charge in [-0.3, -0.25) is 0 Å². The van der Waals surface area contributed by atoms with Gasteiger partial charge in [-0.2, -0.15) is 0 Å². The van der Waals surface area contributed by atoms with Crippen LogP contribution in [-0.4, -0.2) is 9.97 Å². The highest BCUT2D eigenvalue weighted by atomic mass is 35.5. The lowest BCUT2D eigenvalue weighted by Gasteiger charge is -2.12. The molecule has 0 bridgehead atoms. The van der Waals surface area contributed by atoms with Crippen molar-refractivity contribution in [3.05, 3.63) is 46.5 Å². The maximum absolute atomic E-state index is 6.11. The van der Waals surface area contributed by atoms with Crippen LogP contribution in [0.15, 0.2) is 24.4 Å². The average molecular weight is 306 g/mol. The summed E-state index contributed by atoms with van der Waals surface area (Å²) >= 11 is 6.11. The fraction of sp³-hybridized carbons (Fsp3) is 0.375. The highest BCUT2D eigenvalue weighted by Gasteiger charge is 2.11. The Morgan fingerprint density at radius 3 is 2.71 bits per heavy atom. The highest BCUT2D eigenvalue weighted by molar-refractivity contribution is 6.31. The van der Waals surface area contributed by atoms with Crippen molar-refractivity contribution in [1.29, 1.82) is 0 Å². The summed E-state index contributed by atoms with van der Waals surface area (Å²) in [5.74, 6) is 2.33. The predicted molar refractivity (Wildman–Crippen MR) is 84.9 cm³/mol. The zero-order valence-electron chi connectivity index (χ0n) is 12.6. The number of ether oxygens (including phenoxy) is 1. The molecule has 0 saturated heterocycles. The monoisotopic (exact) mass is 305 g/mol. The largest absolute Gasteiger partial charge is 0.454 e. The molecule has 0 radical (unpaired) electrons. The second kappa shape index (κ2) is 6.87. The molecule has 112 valence electrons. The Labute approximate surface area is 130 Å². The van der Waals surface area contributed by atoms with E-state index in [1.807, 2.05) is 32.0 Å². The predicted octanol–water partition coefficient (Wildman–Crippen LogP) is 4.07. The molecule has 0 atom stereocenters. The molecule has 0 aliphatic heterocycles. The molecule has 4 nitrogen and oxygen atoms in total. The molecule has 0 saturated carbocycles. The Morgan fingerprint density at radius 2 is 2.10 bits per heavy atom. The first-order valence-corrected chi connectivity index (χ1v) is 7.45. The van der Waals surface area contributed by atoms with Crippen molar-refractivity contribution in [1.82, 2.24) is 9.97 Å². The Bertz CT molecular complexity index is 629. The summed E-state index contributed by atoms with van der Waals surface area (Å²) in [6, 6.07) is 5.60. The molecule has 0 aliphatic carbocycles. The number of hydrogen-bond donors (Lipinski definition) is 1. The number of aromatic nitrogens is 2. The normalized spacial score (nSPS) is 11.0. The summed E-state index contributed by atoms with van der Waals surface area (Å²) in [6.07, 6.45) is 2.54. The van der Waals surface area contributed by atoms with Gasteiger partial charge in [0.05, 0.1) is 6.20 Å². The summed E-state index contributed by atoms with van der Waals surface area (Å²) in [5, 5.41) is 0.746. The second-order valence-corrected chi connectivity index (χ2v) is 5.51. The number of nitrogens with zero attached hydrogens (tertiary/aromatic N) is 2. The topological polar surface area (TPSA) is 61.0 Å². The molecule has 21 heavy (non-hydrogen) atoms. The lowest BCUT2D eigenvalue weighted by Crippen LogP contribution is -2.07. The minimum absolute atomic E-state index is 0.256. The van der Waals surface area contributed by atoms with Gasteiger partial charge in [0.2, 0.25) is 0 Å². The molecule has 5 heteroatoms. The Hall–Kier alpha value is -1.65. The number of halogens is 1. The van der Waals surface area contributed by atoms with Crippen LogP contribution in [0, 0.1) is 0 Å². The van der Waals surface area contributed by atoms with Crippen LogP contribution in [0.1, 0.15) is 43.8 Å². The van der Waals surface area contributed by atoms with Crippen molar-refractivity contribution >= 4 is 11.6 Å². The van der Waals surface area contributed by atoms with Crippen molar-refractivity contribution in [3.63, 3.8) is 0 Å². The van der Waals surface area contributed by atoms with E-state index in [0.29, 0.717) is 23.7 Å². The first kappa shape index (κ1) is 15.7. The van der Waals surface area contributed by atoms with Crippen molar-refractivity contribution < 1.29 is 4.74 Å². The molecule has 0 aliphatic rings. The molecule has 2 aromatic rings. The average Bonchev–Trinajstić information content (AvgIpc) is 2.49. The van der Waals surface area contributed by atoms with Crippen molar-refractivity contribution in [2.24, 2.45) is 5.73 Å². The van der Waals surface area contributed by atoms with Gasteiger partial charge < -0.3 is 10.5 Å². The van der Waals surface area contributed by atoms with Crippen LogP contribution in [0.4, 0.5) is 0 Å². The van der Waals surface area contributed by atoms with E-state index in [2.05, 4.69) is 16.9 Å². The molecule has 0 spiro atoms. The van der Waals surface area contributed by atoms with Crippen molar-refractivity contribution in [2.45, 2.75) is 39.7 Å². The van der Waals surface area contributed by atoms with E-state index < -0.39 is 0 Å². The lowest BCUT2D eigenvalue weighted by atomic mass is 10.1. The minimum Gasteiger partial charge on any atom is -0.454 e. The molecule has 1 heterocycles. The van der Waals surface area contributed by atoms with Crippen molar-refractivity contribution in [3.8, 4) is 11.5 Å². The molecule has 1 aromatic carbocycles. The quantitative estimate of drug-likeness (QED) is 0.904. The molecule has 2 rings (SSSR count). The van der Waals surface area contributed by atoms with E-state index >= 15 is 0 Å². The fourth-order valence-electron chi connectivity index (χ4n) is 1.94. The smallest absolute Gasteiger partial charge is 0.168 e. The van der Waals surface area contributed by atoms with Gasteiger partial charge in [-0.05, 0) is 30.2 Å². The second-order valence-electron chi connectivity index (χ2n) is 5.11. The zero-order valence-corrected chi connectivity index (χ0v) is 13.3. The van der Waals surface area contributed by atoms with Crippen LogP contribution < -0.4 is 10.5 Å². The summed E-state index contributed by atoms with van der Waals surface area (Å²) in [7, 11) is 0. The maximum atomic E-state index is 6.11. The van der Waals surface area contributed by atoms with Crippen LogP contribution in [0.5, 0.6) is 11.5 Å². The third-order valence-corrected chi connectivity index (χ3v) is 3.55. The molecular weight excluding hydrogens is 286 g/mol. The number of hydrogen-bond acceptors (Lipinski definition) is 4. The molecule has 0 fully saturated rings. The highest BCUT2D eigenvalue weighted by Crippen LogP contribution is 2.28. The molecule has 0 unspecified atom stereocenters. The van der Waals surface area contributed by atoms with Gasteiger partial charge in [0, 0.05) is 17.5 Å². The van der Waals surface area contributed by atoms with E-state index in [0.717, 1.165) is 22.8 Å². The first-order chi connectivity index (χ1) is 10.0. The SMILES string of the molecule is CCc1cc(Oc2cnc(C(C)C)nc2CN)ccc1Cl. The van der Waals surface area contributed by atoms with E-state index in [-0.39, 0.29) is 5.92 Å². The third kappa shape index (κ3) is 3.71. The molecule has 2 N–H and O–H groups in total. The molecule has 0 amide bonds. The molecule has 1 aromatic heterocycles. The van der Waals surface area contributed by atoms with Crippen LogP contribution >= 0.6 is 11.6 Å². The van der Waals surface area contributed by atoms with Gasteiger partial charge in [0.15, 0.2) is 5.75 Å². The number of benzene rings is 1. The van der Waals surface area contributed by atoms with Gasteiger partial charge in [-0.25, -0.2) is 9.97 Å².